The van der Waals surface area contributed by atoms with E-state index in [0.717, 1.165) is 16.9 Å². The van der Waals surface area contributed by atoms with Crippen molar-refractivity contribution in [2.45, 2.75) is 0 Å². The summed E-state index contributed by atoms with van der Waals surface area (Å²) in [6.45, 7) is 0. The van der Waals surface area contributed by atoms with Crippen LogP contribution in [-0.2, 0) is 0 Å². The number of nitrogens with one attached hydrogen (secondary N) is 1. The van der Waals surface area contributed by atoms with Gasteiger partial charge >= 0.3 is 0 Å². The first-order valence-corrected chi connectivity index (χ1v) is 6.00. The Hall–Kier alpha value is -2.35. The van der Waals surface area contributed by atoms with E-state index >= 15 is 0 Å². The largest absolute Gasteiger partial charge is 0.388 e. The summed E-state index contributed by atoms with van der Waals surface area (Å²) in [7, 11) is 1.92. The monoisotopic (exact) mass is 234 g/mol. The minimum atomic E-state index is 1.01. The van der Waals surface area contributed by atoms with E-state index in [2.05, 4.69) is 58.8 Å². The maximum atomic E-state index is 4.51. The molecule has 2 heteroatoms. The average molecular weight is 234 g/mol. The number of benzene rings is 2. The summed E-state index contributed by atoms with van der Waals surface area (Å²) in [5, 5.41) is 5.51. The molecule has 0 atom stereocenters. The molecule has 0 aliphatic rings. The molecule has 2 nitrogen and oxygen atoms in total. The molecular weight excluding hydrogens is 220 g/mol. The SMILES string of the molecule is CNc1ccc(-c2cc3ccccc3cn2)cc1. The van der Waals surface area contributed by atoms with E-state index in [1.807, 2.05) is 19.3 Å². The Morgan fingerprint density at radius 1 is 0.889 bits per heavy atom. The van der Waals surface area contributed by atoms with Gasteiger partial charge in [0.2, 0.25) is 0 Å². The molecule has 1 N–H and O–H groups in total. The standard InChI is InChI=1S/C16H14N2/c1-17-15-8-6-12(7-9-15)16-10-13-4-2-3-5-14(13)11-18-16/h2-11,17H,1H3. The Morgan fingerprint density at radius 3 is 2.33 bits per heavy atom. The zero-order valence-electron chi connectivity index (χ0n) is 10.2. The molecule has 0 saturated carbocycles. The molecule has 1 heterocycles. The van der Waals surface area contributed by atoms with E-state index in [0.29, 0.717) is 0 Å². The first-order chi connectivity index (χ1) is 8.86. The highest BCUT2D eigenvalue weighted by Crippen LogP contribution is 2.23. The van der Waals surface area contributed by atoms with E-state index in [1.165, 1.54) is 10.8 Å². The molecule has 0 fully saturated rings. The summed E-state index contributed by atoms with van der Waals surface area (Å²) >= 11 is 0. The lowest BCUT2D eigenvalue weighted by atomic mass is 10.1. The van der Waals surface area contributed by atoms with E-state index in [-0.39, 0.29) is 0 Å². The molecule has 0 radical (unpaired) electrons. The normalized spacial score (nSPS) is 10.5. The Bertz CT molecular complexity index is 672. The summed E-state index contributed by atoms with van der Waals surface area (Å²) < 4.78 is 0. The van der Waals surface area contributed by atoms with Crippen LogP contribution in [0.3, 0.4) is 0 Å². The molecule has 0 saturated heterocycles. The molecule has 0 unspecified atom stereocenters. The Kier molecular flexibility index (Phi) is 2.69. The number of fused-ring (bicyclic) bond motifs is 1. The van der Waals surface area contributed by atoms with Crippen LogP contribution in [0.1, 0.15) is 0 Å². The van der Waals surface area contributed by atoms with Crippen LogP contribution in [0, 0.1) is 0 Å². The van der Waals surface area contributed by atoms with Gasteiger partial charge in [0.25, 0.3) is 0 Å². The van der Waals surface area contributed by atoms with Crippen LogP contribution >= 0.6 is 0 Å². The second-order valence-corrected chi connectivity index (χ2v) is 4.24. The molecule has 1 aromatic heterocycles. The van der Waals surface area contributed by atoms with Crippen molar-refractivity contribution in [2.75, 3.05) is 12.4 Å². The molecule has 88 valence electrons. The van der Waals surface area contributed by atoms with Crippen molar-refractivity contribution in [3.05, 3.63) is 60.8 Å². The summed E-state index contributed by atoms with van der Waals surface area (Å²) in [6, 6.07) is 18.7. The second-order valence-electron chi connectivity index (χ2n) is 4.24. The number of aromatic nitrogens is 1. The Morgan fingerprint density at radius 2 is 1.61 bits per heavy atom. The molecule has 0 bridgehead atoms. The average Bonchev–Trinajstić information content (AvgIpc) is 2.47. The third kappa shape index (κ3) is 1.93. The highest BCUT2D eigenvalue weighted by molar-refractivity contribution is 5.85. The summed E-state index contributed by atoms with van der Waals surface area (Å²) in [4.78, 5) is 4.51. The van der Waals surface area contributed by atoms with Crippen LogP contribution in [-0.4, -0.2) is 12.0 Å². The first-order valence-electron chi connectivity index (χ1n) is 6.00. The second kappa shape index (κ2) is 4.49. The van der Waals surface area contributed by atoms with Gasteiger partial charge in [-0.2, -0.15) is 0 Å². The van der Waals surface area contributed by atoms with Gasteiger partial charge in [-0.15, -0.1) is 0 Å². The van der Waals surface area contributed by atoms with Gasteiger partial charge in [0, 0.05) is 29.9 Å². The smallest absolute Gasteiger partial charge is 0.0708 e. The summed E-state index contributed by atoms with van der Waals surface area (Å²) in [5.41, 5.74) is 3.26. The molecule has 3 aromatic rings. The third-order valence-electron chi connectivity index (χ3n) is 3.10. The zero-order chi connectivity index (χ0) is 12.4. The lowest BCUT2D eigenvalue weighted by molar-refractivity contribution is 1.35. The van der Waals surface area contributed by atoms with Crippen molar-refractivity contribution < 1.29 is 0 Å². The molecule has 0 amide bonds. The molecule has 18 heavy (non-hydrogen) atoms. The molecule has 0 aliphatic carbocycles. The van der Waals surface area contributed by atoms with Crippen molar-refractivity contribution in [3.8, 4) is 11.3 Å². The van der Waals surface area contributed by atoms with Crippen LogP contribution in [0.4, 0.5) is 5.69 Å². The van der Waals surface area contributed by atoms with Crippen LogP contribution in [0.25, 0.3) is 22.0 Å². The maximum absolute atomic E-state index is 4.51. The number of anilines is 1. The zero-order valence-corrected chi connectivity index (χ0v) is 10.2. The fraction of sp³-hybridized carbons (Fsp3) is 0.0625. The van der Waals surface area contributed by atoms with Gasteiger partial charge in [-0.1, -0.05) is 36.4 Å². The predicted octanol–water partition coefficient (Wildman–Crippen LogP) is 3.94. The van der Waals surface area contributed by atoms with Gasteiger partial charge < -0.3 is 5.32 Å². The molecule has 2 aromatic carbocycles. The number of hydrogen-bond donors (Lipinski definition) is 1. The van der Waals surface area contributed by atoms with Crippen molar-refractivity contribution in [3.63, 3.8) is 0 Å². The van der Waals surface area contributed by atoms with Crippen LogP contribution in [0.15, 0.2) is 60.8 Å². The molecule has 0 aliphatic heterocycles. The van der Waals surface area contributed by atoms with Crippen molar-refractivity contribution in [1.82, 2.24) is 4.98 Å². The maximum Gasteiger partial charge on any atom is 0.0708 e. The van der Waals surface area contributed by atoms with E-state index in [1.54, 1.807) is 0 Å². The molecule has 3 rings (SSSR count). The van der Waals surface area contributed by atoms with E-state index in [4.69, 9.17) is 0 Å². The Balaban J connectivity index is 2.07. The van der Waals surface area contributed by atoms with Gasteiger partial charge in [-0.3, -0.25) is 4.98 Å². The highest BCUT2D eigenvalue weighted by Gasteiger charge is 2.00. The minimum absolute atomic E-state index is 1.01. The van der Waals surface area contributed by atoms with Crippen molar-refractivity contribution >= 4 is 16.5 Å². The van der Waals surface area contributed by atoms with Crippen LogP contribution < -0.4 is 5.32 Å². The summed E-state index contributed by atoms with van der Waals surface area (Å²) in [6.07, 6.45) is 1.93. The van der Waals surface area contributed by atoms with E-state index in [9.17, 15) is 0 Å². The minimum Gasteiger partial charge on any atom is -0.388 e. The van der Waals surface area contributed by atoms with Gasteiger partial charge in [0.05, 0.1) is 5.69 Å². The highest BCUT2D eigenvalue weighted by atomic mass is 14.8. The van der Waals surface area contributed by atoms with Crippen LogP contribution in [0.2, 0.25) is 0 Å². The Labute approximate surface area is 106 Å². The predicted molar refractivity (Wildman–Crippen MR) is 76.7 cm³/mol. The number of rotatable bonds is 2. The topological polar surface area (TPSA) is 24.9 Å². The molecule has 0 spiro atoms. The van der Waals surface area contributed by atoms with E-state index < -0.39 is 0 Å². The fourth-order valence-electron chi connectivity index (χ4n) is 2.05. The van der Waals surface area contributed by atoms with Gasteiger partial charge in [0.1, 0.15) is 0 Å². The number of nitrogens with zero attached hydrogens (tertiary/aromatic N) is 1. The quantitative estimate of drug-likeness (QED) is 0.726. The fourth-order valence-corrected chi connectivity index (χ4v) is 2.05. The van der Waals surface area contributed by atoms with Gasteiger partial charge in [-0.25, -0.2) is 0 Å². The lowest BCUT2D eigenvalue weighted by Gasteiger charge is -2.05. The van der Waals surface area contributed by atoms with Crippen LogP contribution in [0.5, 0.6) is 0 Å². The van der Waals surface area contributed by atoms with Gasteiger partial charge in [-0.05, 0) is 23.6 Å². The first kappa shape index (κ1) is 10.8. The molecular formula is C16H14N2. The van der Waals surface area contributed by atoms with Crippen molar-refractivity contribution in [1.29, 1.82) is 0 Å². The van der Waals surface area contributed by atoms with Crippen molar-refractivity contribution in [2.24, 2.45) is 0 Å². The number of hydrogen-bond acceptors (Lipinski definition) is 2. The summed E-state index contributed by atoms with van der Waals surface area (Å²) in [5.74, 6) is 0. The third-order valence-corrected chi connectivity index (χ3v) is 3.10. The number of pyridine rings is 1. The van der Waals surface area contributed by atoms with Gasteiger partial charge in [0.15, 0.2) is 0 Å². The lowest BCUT2D eigenvalue weighted by Crippen LogP contribution is -1.88.